The molecule has 0 radical (unpaired) electrons. The number of rotatable bonds is 8. The zero-order valence-electron chi connectivity index (χ0n) is 22.7. The first-order valence-electron chi connectivity index (χ1n) is 12.5. The molecule has 3 aromatic rings. The van der Waals surface area contributed by atoms with Crippen LogP contribution >= 0.6 is 0 Å². The summed E-state index contributed by atoms with van der Waals surface area (Å²) in [5.74, 6) is 0.338. The van der Waals surface area contributed by atoms with E-state index < -0.39 is 45.0 Å². The number of nitro benzene ring substituents is 1. The van der Waals surface area contributed by atoms with Crippen LogP contribution in [0.25, 0.3) is 0 Å². The predicted octanol–water partition coefficient (Wildman–Crippen LogP) is 4.39. The summed E-state index contributed by atoms with van der Waals surface area (Å²) < 4.78 is 47.7. The number of nitrogens with zero attached hydrogens (tertiary/aromatic N) is 3. The monoisotopic (exact) mass is 601 g/mol. The highest BCUT2D eigenvalue weighted by atomic mass is 32.2. The summed E-state index contributed by atoms with van der Waals surface area (Å²) in [6.07, 6.45) is 0.357. The molecule has 1 aromatic heterocycles. The van der Waals surface area contributed by atoms with Gasteiger partial charge in [0, 0.05) is 42.2 Å². The maximum atomic E-state index is 12.4. The maximum absolute atomic E-state index is 12.4. The molecule has 0 aliphatic carbocycles. The smallest absolute Gasteiger partial charge is 0.443 e. The molecule has 2 atom stereocenters. The van der Waals surface area contributed by atoms with Crippen molar-refractivity contribution >= 4 is 39.6 Å². The van der Waals surface area contributed by atoms with Crippen molar-refractivity contribution < 1.29 is 41.9 Å². The Morgan fingerprint density at radius 1 is 1.05 bits per heavy atom. The second-order valence-corrected chi connectivity index (χ2v) is 11.7. The van der Waals surface area contributed by atoms with E-state index in [1.54, 1.807) is 33.2 Å². The van der Waals surface area contributed by atoms with E-state index in [1.807, 2.05) is 4.72 Å². The lowest BCUT2D eigenvalue weighted by Crippen LogP contribution is -2.36. The van der Waals surface area contributed by atoms with Crippen molar-refractivity contribution in [2.45, 2.75) is 49.9 Å². The number of hydrogen-bond donors (Lipinski definition) is 2. The van der Waals surface area contributed by atoms with Crippen molar-refractivity contribution in [2.24, 2.45) is 0 Å². The van der Waals surface area contributed by atoms with Gasteiger partial charge in [-0.2, -0.15) is 0 Å². The third kappa shape index (κ3) is 8.34. The fraction of sp³-hybridized carbons (Fsp3) is 0.308. The highest BCUT2D eigenvalue weighted by molar-refractivity contribution is 7.90. The molecular weight excluding hydrogens is 574 g/mol. The van der Waals surface area contributed by atoms with Gasteiger partial charge in [0.1, 0.15) is 17.5 Å². The maximum Gasteiger partial charge on any atom is 0.514 e. The standard InChI is InChI=1S/C26H27N5O10S/c1-26(2,3)41-24(32)30-42(36,37)21-10-4-17(5-11-21)29-23-27-13-16(14-28-23)22-12-20(15-38-22)40-25(33)39-19-8-6-18(7-9-19)31(34)35/h4-11,13-14,20,22H,12,15H2,1-3H3,(H,30,32)(H,27,28,29)/t20-,22-/m1/s1. The van der Waals surface area contributed by atoms with Crippen LogP contribution in [0.1, 0.15) is 38.9 Å². The fourth-order valence-corrected chi connectivity index (χ4v) is 4.56. The SMILES string of the molecule is CC(C)(C)OC(=O)NS(=O)(=O)c1ccc(Nc2ncc([C@H]3C[C@@H](OC(=O)Oc4ccc([N+](=O)[O-])cc4)CO3)cn2)cc1. The van der Waals surface area contributed by atoms with Crippen LogP contribution in [0.2, 0.25) is 0 Å². The van der Waals surface area contributed by atoms with Gasteiger partial charge in [0.15, 0.2) is 0 Å². The summed E-state index contributed by atoms with van der Waals surface area (Å²) in [4.78, 5) is 42.5. The van der Waals surface area contributed by atoms with Crippen molar-refractivity contribution in [1.29, 1.82) is 0 Å². The first-order valence-corrected chi connectivity index (χ1v) is 13.9. The number of hydrogen-bond acceptors (Lipinski definition) is 13. The van der Waals surface area contributed by atoms with Gasteiger partial charge in [0.2, 0.25) is 5.95 Å². The van der Waals surface area contributed by atoms with E-state index in [9.17, 15) is 28.1 Å². The van der Waals surface area contributed by atoms with Crippen LogP contribution in [0.3, 0.4) is 0 Å². The van der Waals surface area contributed by atoms with E-state index in [0.29, 0.717) is 17.7 Å². The van der Waals surface area contributed by atoms with Gasteiger partial charge < -0.3 is 24.3 Å². The predicted molar refractivity (Wildman–Crippen MR) is 146 cm³/mol. The van der Waals surface area contributed by atoms with E-state index in [1.165, 1.54) is 48.5 Å². The molecular formula is C26H27N5O10S. The van der Waals surface area contributed by atoms with Crippen molar-refractivity contribution in [3.8, 4) is 5.75 Å². The third-order valence-corrected chi connectivity index (χ3v) is 6.88. The average molecular weight is 602 g/mol. The molecule has 1 aliphatic rings. The molecule has 1 aliphatic heterocycles. The molecule has 222 valence electrons. The summed E-state index contributed by atoms with van der Waals surface area (Å²) in [5, 5.41) is 13.7. The van der Waals surface area contributed by atoms with Crippen LogP contribution in [-0.2, 0) is 24.2 Å². The Hall–Kier alpha value is -4.83. The third-order valence-electron chi connectivity index (χ3n) is 5.55. The molecule has 4 rings (SSSR count). The number of anilines is 2. The topological polar surface area (TPSA) is 198 Å². The van der Waals surface area contributed by atoms with Gasteiger partial charge in [-0.1, -0.05) is 0 Å². The van der Waals surface area contributed by atoms with Crippen LogP contribution in [0.5, 0.6) is 5.75 Å². The van der Waals surface area contributed by atoms with Crippen LogP contribution in [-0.4, -0.2) is 53.9 Å². The highest BCUT2D eigenvalue weighted by Crippen LogP contribution is 2.30. The molecule has 1 saturated heterocycles. The van der Waals surface area contributed by atoms with Gasteiger partial charge in [-0.15, -0.1) is 0 Å². The van der Waals surface area contributed by atoms with E-state index in [4.69, 9.17) is 18.9 Å². The Morgan fingerprint density at radius 3 is 2.29 bits per heavy atom. The largest absolute Gasteiger partial charge is 0.514 e. The summed E-state index contributed by atoms with van der Waals surface area (Å²) in [7, 11) is -4.13. The van der Waals surface area contributed by atoms with E-state index in [2.05, 4.69) is 15.3 Å². The van der Waals surface area contributed by atoms with Gasteiger partial charge in [-0.3, -0.25) is 10.1 Å². The average Bonchev–Trinajstić information content (AvgIpc) is 3.36. The Morgan fingerprint density at radius 2 is 1.69 bits per heavy atom. The van der Waals surface area contributed by atoms with Gasteiger partial charge in [0.25, 0.3) is 15.7 Å². The number of sulfonamides is 1. The molecule has 0 unspecified atom stereocenters. The number of aromatic nitrogens is 2. The lowest BCUT2D eigenvalue weighted by Gasteiger charge is -2.19. The number of carbonyl (C=O) groups excluding carboxylic acids is 2. The molecule has 2 heterocycles. The minimum Gasteiger partial charge on any atom is -0.443 e. The summed E-state index contributed by atoms with van der Waals surface area (Å²) in [6, 6.07) is 10.6. The number of ether oxygens (including phenoxy) is 4. The summed E-state index contributed by atoms with van der Waals surface area (Å²) in [6.45, 7) is 4.98. The first kappa shape index (κ1) is 30.1. The number of nitro groups is 1. The van der Waals surface area contributed by atoms with Crippen LogP contribution < -0.4 is 14.8 Å². The molecule has 0 saturated carbocycles. The normalized spacial score (nSPS) is 16.7. The Kier molecular flexibility index (Phi) is 8.87. The second-order valence-electron chi connectivity index (χ2n) is 10.00. The van der Waals surface area contributed by atoms with Gasteiger partial charge >= 0.3 is 12.2 Å². The number of carbonyl (C=O) groups is 2. The lowest BCUT2D eigenvalue weighted by atomic mass is 10.1. The number of amides is 1. The van der Waals surface area contributed by atoms with Gasteiger partial charge in [-0.05, 0) is 57.2 Å². The van der Waals surface area contributed by atoms with E-state index in [-0.39, 0.29) is 28.9 Å². The highest BCUT2D eigenvalue weighted by Gasteiger charge is 2.31. The quantitative estimate of drug-likeness (QED) is 0.160. The van der Waals surface area contributed by atoms with Crippen molar-refractivity contribution in [1.82, 2.24) is 14.7 Å². The van der Waals surface area contributed by atoms with Crippen molar-refractivity contribution in [3.63, 3.8) is 0 Å². The second kappa shape index (κ2) is 12.4. The molecule has 0 spiro atoms. The molecule has 16 heteroatoms. The zero-order valence-corrected chi connectivity index (χ0v) is 23.5. The lowest BCUT2D eigenvalue weighted by molar-refractivity contribution is -0.384. The zero-order chi connectivity index (χ0) is 30.5. The Labute approximate surface area is 240 Å². The van der Waals surface area contributed by atoms with Gasteiger partial charge in [0.05, 0.1) is 22.5 Å². The number of benzene rings is 2. The molecule has 42 heavy (non-hydrogen) atoms. The molecule has 2 N–H and O–H groups in total. The fourth-order valence-electron chi connectivity index (χ4n) is 3.69. The van der Waals surface area contributed by atoms with Crippen LogP contribution in [0.15, 0.2) is 65.8 Å². The summed E-state index contributed by atoms with van der Waals surface area (Å²) >= 11 is 0. The molecule has 1 fully saturated rings. The number of nitrogens with one attached hydrogen (secondary N) is 2. The molecule has 15 nitrogen and oxygen atoms in total. The van der Waals surface area contributed by atoms with Crippen LogP contribution in [0.4, 0.5) is 26.9 Å². The minimum atomic E-state index is -4.13. The first-order chi connectivity index (χ1) is 19.8. The van der Waals surface area contributed by atoms with E-state index in [0.717, 1.165) is 0 Å². The van der Waals surface area contributed by atoms with Crippen molar-refractivity contribution in [3.05, 3.63) is 76.6 Å². The Balaban J connectivity index is 1.27. The van der Waals surface area contributed by atoms with Crippen molar-refractivity contribution in [2.75, 3.05) is 11.9 Å². The summed E-state index contributed by atoms with van der Waals surface area (Å²) in [5.41, 5.74) is 0.153. The molecule has 1 amide bonds. The van der Waals surface area contributed by atoms with Gasteiger partial charge in [-0.25, -0.2) is 32.7 Å². The minimum absolute atomic E-state index is 0.103. The molecule has 2 aromatic carbocycles. The number of non-ortho nitro benzene ring substituents is 1. The van der Waals surface area contributed by atoms with Crippen LogP contribution in [0, 0.1) is 10.1 Å². The van der Waals surface area contributed by atoms with E-state index >= 15 is 0 Å². The molecule has 0 bridgehead atoms. The Bertz CT molecular complexity index is 1540.